The molecule has 0 atom stereocenters. The van der Waals surface area contributed by atoms with Crippen molar-refractivity contribution >= 4 is 45.6 Å². The van der Waals surface area contributed by atoms with Crippen LogP contribution in [-0.2, 0) is 15.8 Å². The van der Waals surface area contributed by atoms with Crippen LogP contribution in [0.25, 0.3) is 0 Å². The Morgan fingerprint density at radius 2 is 1.90 bits per heavy atom. The molecule has 1 heterocycles. The molecule has 1 aliphatic rings. The Morgan fingerprint density at radius 3 is 2.48 bits per heavy atom. The van der Waals surface area contributed by atoms with Crippen LogP contribution in [0.2, 0.25) is 10.0 Å². The molecule has 0 unspecified atom stereocenters. The summed E-state index contributed by atoms with van der Waals surface area (Å²) < 4.78 is 26.7. The smallest absolute Gasteiger partial charge is 0.216 e. The molecule has 0 amide bonds. The van der Waals surface area contributed by atoms with E-state index in [2.05, 4.69) is 10.0 Å². The fourth-order valence-electron chi connectivity index (χ4n) is 1.94. The van der Waals surface area contributed by atoms with Crippen LogP contribution in [0, 0.1) is 0 Å². The minimum Gasteiger partial charge on any atom is -0.313 e. The summed E-state index contributed by atoms with van der Waals surface area (Å²) in [6.45, 7) is 2.00. The summed E-state index contributed by atoms with van der Waals surface area (Å²) in [6.07, 6.45) is 2.86. The zero-order valence-corrected chi connectivity index (χ0v) is 14.4. The number of halogens is 3. The van der Waals surface area contributed by atoms with Crippen LogP contribution in [0.15, 0.2) is 29.8 Å². The minimum atomic E-state index is -3.46. The van der Waals surface area contributed by atoms with Gasteiger partial charge < -0.3 is 5.32 Å². The first-order valence-electron chi connectivity index (χ1n) is 6.27. The van der Waals surface area contributed by atoms with Gasteiger partial charge in [-0.25, -0.2) is 13.1 Å². The maximum Gasteiger partial charge on any atom is 0.216 e. The third-order valence-electron chi connectivity index (χ3n) is 3.07. The summed E-state index contributed by atoms with van der Waals surface area (Å²) in [5.41, 5.74) is 1.53. The standard InChI is InChI=1S/C13H16Cl2N2O2S.ClH/c14-12-2-1-3-13(15)11(12)9-20(18,19)17-8-10-4-6-16-7-5-10;/h1-4,16-17H,5-9H2;1H. The SMILES string of the molecule is Cl.O=S(=O)(Cc1c(Cl)cccc1Cl)NCC1=CCNCC1. The predicted octanol–water partition coefficient (Wildman–Crippen LogP) is 2.75. The van der Waals surface area contributed by atoms with Crippen molar-refractivity contribution in [1.82, 2.24) is 10.0 Å². The largest absolute Gasteiger partial charge is 0.313 e. The first-order valence-corrected chi connectivity index (χ1v) is 8.67. The van der Waals surface area contributed by atoms with Crippen LogP contribution in [0.1, 0.15) is 12.0 Å². The second-order valence-electron chi connectivity index (χ2n) is 4.60. The van der Waals surface area contributed by atoms with E-state index in [9.17, 15) is 8.42 Å². The molecular weight excluding hydrogens is 355 g/mol. The molecule has 0 saturated heterocycles. The highest BCUT2D eigenvalue weighted by Gasteiger charge is 2.17. The van der Waals surface area contributed by atoms with E-state index in [4.69, 9.17) is 23.2 Å². The number of benzene rings is 1. The molecule has 1 aromatic rings. The second-order valence-corrected chi connectivity index (χ2v) is 7.22. The summed E-state index contributed by atoms with van der Waals surface area (Å²) in [4.78, 5) is 0. The molecule has 0 spiro atoms. The molecule has 0 saturated carbocycles. The van der Waals surface area contributed by atoms with Gasteiger partial charge in [-0.2, -0.15) is 0 Å². The van der Waals surface area contributed by atoms with Crippen molar-refractivity contribution in [3.63, 3.8) is 0 Å². The number of hydrogen-bond donors (Lipinski definition) is 2. The lowest BCUT2D eigenvalue weighted by Crippen LogP contribution is -2.30. The lowest BCUT2D eigenvalue weighted by atomic mass is 10.1. The molecule has 0 aliphatic carbocycles. The van der Waals surface area contributed by atoms with Gasteiger partial charge in [0.15, 0.2) is 0 Å². The van der Waals surface area contributed by atoms with E-state index in [0.717, 1.165) is 25.1 Å². The molecular formula is C13H17Cl3N2O2S. The predicted molar refractivity (Wildman–Crippen MR) is 89.9 cm³/mol. The van der Waals surface area contributed by atoms with E-state index in [1.54, 1.807) is 18.2 Å². The van der Waals surface area contributed by atoms with Crippen molar-refractivity contribution in [2.45, 2.75) is 12.2 Å². The van der Waals surface area contributed by atoms with Gasteiger partial charge in [-0.05, 0) is 25.1 Å². The highest BCUT2D eigenvalue weighted by molar-refractivity contribution is 7.88. The lowest BCUT2D eigenvalue weighted by Gasteiger charge is -2.15. The van der Waals surface area contributed by atoms with Gasteiger partial charge in [0.1, 0.15) is 0 Å². The lowest BCUT2D eigenvalue weighted by molar-refractivity contribution is 0.581. The Hall–Kier alpha value is -0.300. The first-order chi connectivity index (χ1) is 9.48. The molecule has 0 fully saturated rings. The molecule has 4 nitrogen and oxygen atoms in total. The van der Waals surface area contributed by atoms with Crippen LogP contribution in [0.3, 0.4) is 0 Å². The third-order valence-corrected chi connectivity index (χ3v) is 5.03. The monoisotopic (exact) mass is 370 g/mol. The molecule has 2 N–H and O–H groups in total. The first kappa shape index (κ1) is 18.7. The topological polar surface area (TPSA) is 58.2 Å². The minimum absolute atomic E-state index is 0. The van der Waals surface area contributed by atoms with Crippen molar-refractivity contribution in [2.24, 2.45) is 0 Å². The zero-order chi connectivity index (χ0) is 14.6. The van der Waals surface area contributed by atoms with Gasteiger partial charge in [0, 0.05) is 28.7 Å². The van der Waals surface area contributed by atoms with Crippen LogP contribution in [0.4, 0.5) is 0 Å². The average Bonchev–Trinajstić information content (AvgIpc) is 2.42. The molecule has 8 heteroatoms. The van der Waals surface area contributed by atoms with Gasteiger partial charge in [-0.3, -0.25) is 0 Å². The Bertz CT molecular complexity index is 598. The molecule has 118 valence electrons. The molecule has 0 radical (unpaired) electrons. The summed E-state index contributed by atoms with van der Waals surface area (Å²) in [7, 11) is -3.46. The van der Waals surface area contributed by atoms with Crippen molar-refractivity contribution in [1.29, 1.82) is 0 Å². The number of rotatable bonds is 5. The van der Waals surface area contributed by atoms with Gasteiger partial charge in [0.2, 0.25) is 10.0 Å². The maximum atomic E-state index is 12.1. The molecule has 1 aliphatic heterocycles. The average molecular weight is 372 g/mol. The summed E-state index contributed by atoms with van der Waals surface area (Å²) in [5.74, 6) is -0.211. The van der Waals surface area contributed by atoms with Crippen molar-refractivity contribution in [3.05, 3.63) is 45.5 Å². The van der Waals surface area contributed by atoms with Gasteiger partial charge in [0.25, 0.3) is 0 Å². The van der Waals surface area contributed by atoms with Gasteiger partial charge in [0.05, 0.1) is 5.75 Å². The van der Waals surface area contributed by atoms with Crippen LogP contribution >= 0.6 is 35.6 Å². The Balaban J connectivity index is 0.00000220. The normalized spacial score (nSPS) is 15.2. The van der Waals surface area contributed by atoms with E-state index in [1.807, 2.05) is 6.08 Å². The van der Waals surface area contributed by atoms with E-state index < -0.39 is 10.0 Å². The summed E-state index contributed by atoms with van der Waals surface area (Å²) >= 11 is 12.0. The highest BCUT2D eigenvalue weighted by atomic mass is 35.5. The van der Waals surface area contributed by atoms with Gasteiger partial charge in [-0.1, -0.05) is 40.9 Å². The maximum absolute atomic E-state index is 12.1. The molecule has 0 bridgehead atoms. The van der Waals surface area contributed by atoms with E-state index >= 15 is 0 Å². The van der Waals surface area contributed by atoms with Gasteiger partial charge >= 0.3 is 0 Å². The molecule has 0 aromatic heterocycles. The Morgan fingerprint density at radius 1 is 1.24 bits per heavy atom. The van der Waals surface area contributed by atoms with E-state index in [1.165, 1.54) is 0 Å². The highest BCUT2D eigenvalue weighted by Crippen LogP contribution is 2.25. The number of nitrogens with one attached hydrogen (secondary N) is 2. The fraction of sp³-hybridized carbons (Fsp3) is 0.385. The number of hydrogen-bond acceptors (Lipinski definition) is 3. The molecule has 21 heavy (non-hydrogen) atoms. The van der Waals surface area contributed by atoms with Crippen LogP contribution < -0.4 is 10.0 Å². The number of sulfonamides is 1. The quantitative estimate of drug-likeness (QED) is 0.783. The van der Waals surface area contributed by atoms with E-state index in [0.29, 0.717) is 22.2 Å². The summed E-state index contributed by atoms with van der Waals surface area (Å²) in [5, 5.41) is 3.91. The zero-order valence-electron chi connectivity index (χ0n) is 11.2. The summed E-state index contributed by atoms with van der Waals surface area (Å²) in [6, 6.07) is 4.95. The second kappa shape index (κ2) is 8.36. The van der Waals surface area contributed by atoms with Crippen LogP contribution in [-0.4, -0.2) is 28.1 Å². The Labute approximate surface area is 141 Å². The Kier molecular flexibility index (Phi) is 7.47. The fourth-order valence-corrected chi connectivity index (χ4v) is 3.83. The third kappa shape index (κ3) is 5.77. The molecule has 2 rings (SSSR count). The van der Waals surface area contributed by atoms with Crippen molar-refractivity contribution < 1.29 is 8.42 Å². The van der Waals surface area contributed by atoms with Crippen molar-refractivity contribution in [3.8, 4) is 0 Å². The van der Waals surface area contributed by atoms with E-state index in [-0.39, 0.29) is 18.2 Å². The molecule has 1 aromatic carbocycles. The van der Waals surface area contributed by atoms with Crippen molar-refractivity contribution in [2.75, 3.05) is 19.6 Å². The van der Waals surface area contributed by atoms with Crippen LogP contribution in [0.5, 0.6) is 0 Å². The van der Waals surface area contributed by atoms with Gasteiger partial charge in [-0.15, -0.1) is 12.4 Å².